The van der Waals surface area contributed by atoms with E-state index in [1.54, 1.807) is 25.2 Å². The fourth-order valence-corrected chi connectivity index (χ4v) is 5.08. The van der Waals surface area contributed by atoms with Crippen LogP contribution in [0.3, 0.4) is 0 Å². The molecule has 0 unspecified atom stereocenters. The number of aromatic nitrogens is 2. The molecular formula is C27H28N4O3. The molecule has 4 aromatic rings. The number of imidazole rings is 1. The summed E-state index contributed by atoms with van der Waals surface area (Å²) >= 11 is 0. The lowest BCUT2D eigenvalue weighted by molar-refractivity contribution is 0.0893. The minimum absolute atomic E-state index is 0.241. The van der Waals surface area contributed by atoms with Crippen LogP contribution in [0.15, 0.2) is 47.3 Å². The monoisotopic (exact) mass is 456 g/mol. The number of carbonyl (C=O) groups is 2. The van der Waals surface area contributed by atoms with E-state index in [-0.39, 0.29) is 17.5 Å². The summed E-state index contributed by atoms with van der Waals surface area (Å²) in [5.41, 5.74) is 4.38. The molecule has 3 aromatic carbocycles. The Labute approximate surface area is 197 Å². The van der Waals surface area contributed by atoms with Crippen LogP contribution in [-0.4, -0.2) is 34.5 Å². The number of hydrogen-bond acceptors (Lipinski definition) is 4. The number of imide groups is 1. The lowest BCUT2D eigenvalue weighted by Gasteiger charge is -2.31. The Bertz CT molecular complexity index is 1500. The molecule has 1 aliphatic heterocycles. The normalized spacial score (nSPS) is 13.4. The van der Waals surface area contributed by atoms with Crippen molar-refractivity contribution in [2.75, 3.05) is 22.9 Å². The first-order chi connectivity index (χ1) is 16.4. The molecule has 0 saturated heterocycles. The van der Waals surface area contributed by atoms with Crippen molar-refractivity contribution in [1.82, 2.24) is 9.55 Å². The number of anilines is 2. The van der Waals surface area contributed by atoms with Crippen LogP contribution in [0, 0.1) is 6.92 Å². The Morgan fingerprint density at radius 3 is 2.26 bits per heavy atom. The van der Waals surface area contributed by atoms with Gasteiger partial charge in [-0.1, -0.05) is 26.0 Å². The van der Waals surface area contributed by atoms with E-state index >= 15 is 0 Å². The summed E-state index contributed by atoms with van der Waals surface area (Å²) in [6.45, 7) is 7.97. The molecule has 0 atom stereocenters. The maximum atomic E-state index is 13.7. The minimum atomic E-state index is -0.347. The number of aromatic amines is 1. The first kappa shape index (κ1) is 21.9. The summed E-state index contributed by atoms with van der Waals surface area (Å²) in [6, 6.07) is 13.1. The Balaban J connectivity index is 1.70. The van der Waals surface area contributed by atoms with Crippen LogP contribution < -0.4 is 15.5 Å². The molecule has 174 valence electrons. The second-order valence-electron chi connectivity index (χ2n) is 8.94. The highest BCUT2D eigenvalue weighted by Crippen LogP contribution is 2.38. The number of nitrogens with zero attached hydrogens (tertiary/aromatic N) is 3. The fourth-order valence-electron chi connectivity index (χ4n) is 5.08. The molecule has 2 amide bonds. The number of benzene rings is 3. The third-order valence-electron chi connectivity index (χ3n) is 6.68. The van der Waals surface area contributed by atoms with Gasteiger partial charge in [0.15, 0.2) is 0 Å². The zero-order valence-corrected chi connectivity index (χ0v) is 19.9. The zero-order chi connectivity index (χ0) is 24.1. The number of aryl methyl sites for hydroxylation is 2. The maximum absolute atomic E-state index is 13.7. The van der Waals surface area contributed by atoms with Crippen molar-refractivity contribution < 1.29 is 9.59 Å². The van der Waals surface area contributed by atoms with Crippen molar-refractivity contribution in [3.05, 3.63) is 69.6 Å². The van der Waals surface area contributed by atoms with Gasteiger partial charge in [0.1, 0.15) is 0 Å². The van der Waals surface area contributed by atoms with Gasteiger partial charge >= 0.3 is 5.69 Å². The average Bonchev–Trinajstić information content (AvgIpc) is 3.09. The second kappa shape index (κ2) is 8.17. The van der Waals surface area contributed by atoms with Crippen LogP contribution >= 0.6 is 0 Å². The Morgan fingerprint density at radius 2 is 1.59 bits per heavy atom. The minimum Gasteiger partial charge on any atom is -0.371 e. The second-order valence-corrected chi connectivity index (χ2v) is 8.94. The summed E-state index contributed by atoms with van der Waals surface area (Å²) in [5, 5.41) is 1.65. The Kier molecular flexibility index (Phi) is 5.27. The standard InChI is InChI=1S/C27H28N4O3/c1-5-12-30(13-6-2)21-11-10-19-24-17(21)8-7-9-18(24)25(32)31(26(19)33)22-15-23-20(14-16(22)3)28-27(34)29(23)4/h7-11,14-15H,5-6,12-13H2,1-4H3,(H,28,34). The first-order valence-electron chi connectivity index (χ1n) is 11.8. The van der Waals surface area contributed by atoms with E-state index in [2.05, 4.69) is 23.7 Å². The molecule has 7 nitrogen and oxygen atoms in total. The van der Waals surface area contributed by atoms with E-state index in [9.17, 15) is 14.4 Å². The quantitative estimate of drug-likeness (QED) is 0.425. The number of amides is 2. The molecule has 34 heavy (non-hydrogen) atoms. The average molecular weight is 457 g/mol. The van der Waals surface area contributed by atoms with Gasteiger partial charge < -0.3 is 9.88 Å². The van der Waals surface area contributed by atoms with Gasteiger partial charge in [0, 0.05) is 47.7 Å². The largest absolute Gasteiger partial charge is 0.371 e. The molecule has 1 aliphatic rings. The lowest BCUT2D eigenvalue weighted by Crippen LogP contribution is -2.41. The van der Waals surface area contributed by atoms with Gasteiger partial charge in [0.25, 0.3) is 11.8 Å². The van der Waals surface area contributed by atoms with Crippen molar-refractivity contribution in [3.63, 3.8) is 0 Å². The highest BCUT2D eigenvalue weighted by Gasteiger charge is 2.35. The summed E-state index contributed by atoms with van der Waals surface area (Å²) in [5.74, 6) is -0.693. The lowest BCUT2D eigenvalue weighted by atomic mass is 9.92. The number of nitrogens with one attached hydrogen (secondary N) is 1. The number of H-pyrrole nitrogens is 1. The van der Waals surface area contributed by atoms with E-state index in [0.717, 1.165) is 48.0 Å². The number of rotatable bonds is 6. The van der Waals surface area contributed by atoms with Crippen LogP contribution in [0.25, 0.3) is 21.8 Å². The Morgan fingerprint density at radius 1 is 0.912 bits per heavy atom. The zero-order valence-electron chi connectivity index (χ0n) is 19.9. The van der Waals surface area contributed by atoms with Crippen LogP contribution in [0.4, 0.5) is 11.4 Å². The van der Waals surface area contributed by atoms with E-state index < -0.39 is 0 Å². The molecule has 2 heterocycles. The highest BCUT2D eigenvalue weighted by atomic mass is 16.2. The SMILES string of the molecule is CCCN(CCC)c1ccc2c3c(cccc13)C(=O)N(c1cc3c(cc1C)[nH]c(=O)n3C)C2=O. The molecule has 0 spiro atoms. The molecule has 5 rings (SSSR count). The van der Waals surface area contributed by atoms with Crippen molar-refractivity contribution in [1.29, 1.82) is 0 Å². The van der Waals surface area contributed by atoms with E-state index in [1.165, 1.54) is 9.47 Å². The topological polar surface area (TPSA) is 78.4 Å². The van der Waals surface area contributed by atoms with Crippen LogP contribution in [0.5, 0.6) is 0 Å². The van der Waals surface area contributed by atoms with E-state index in [4.69, 9.17) is 0 Å². The van der Waals surface area contributed by atoms with Crippen molar-refractivity contribution in [2.45, 2.75) is 33.6 Å². The van der Waals surface area contributed by atoms with Crippen molar-refractivity contribution in [2.24, 2.45) is 7.05 Å². The van der Waals surface area contributed by atoms with Gasteiger partial charge in [0.2, 0.25) is 0 Å². The van der Waals surface area contributed by atoms with Gasteiger partial charge in [-0.2, -0.15) is 0 Å². The summed E-state index contributed by atoms with van der Waals surface area (Å²) in [6.07, 6.45) is 2.02. The van der Waals surface area contributed by atoms with Gasteiger partial charge in [-0.3, -0.25) is 14.2 Å². The van der Waals surface area contributed by atoms with Crippen molar-refractivity contribution in [3.8, 4) is 0 Å². The Hall–Kier alpha value is -3.87. The van der Waals surface area contributed by atoms with Crippen LogP contribution in [-0.2, 0) is 7.05 Å². The van der Waals surface area contributed by atoms with Gasteiger partial charge in [0.05, 0.1) is 16.7 Å². The fraction of sp³-hybridized carbons (Fsp3) is 0.296. The number of carbonyl (C=O) groups excluding carboxylic acids is 2. The third kappa shape index (κ3) is 3.15. The molecule has 0 bridgehead atoms. The molecule has 0 saturated carbocycles. The summed E-state index contributed by atoms with van der Waals surface area (Å²) in [4.78, 5) is 46.0. The summed E-state index contributed by atoms with van der Waals surface area (Å²) < 4.78 is 1.48. The molecule has 0 aliphatic carbocycles. The molecule has 1 N–H and O–H groups in total. The van der Waals surface area contributed by atoms with Crippen molar-refractivity contribution >= 4 is 45.0 Å². The predicted molar refractivity (Wildman–Crippen MR) is 136 cm³/mol. The van der Waals surface area contributed by atoms with Crippen LogP contribution in [0.2, 0.25) is 0 Å². The third-order valence-corrected chi connectivity index (χ3v) is 6.68. The number of hydrogen-bond donors (Lipinski definition) is 1. The van der Waals surface area contributed by atoms with E-state index in [1.807, 2.05) is 31.2 Å². The van der Waals surface area contributed by atoms with E-state index in [0.29, 0.717) is 27.8 Å². The smallest absolute Gasteiger partial charge is 0.326 e. The number of fused-ring (bicyclic) bond motifs is 1. The molecule has 0 fully saturated rings. The highest BCUT2D eigenvalue weighted by molar-refractivity contribution is 6.36. The molecular weight excluding hydrogens is 428 g/mol. The predicted octanol–water partition coefficient (Wildman–Crippen LogP) is 4.76. The first-order valence-corrected chi connectivity index (χ1v) is 11.8. The molecule has 1 aromatic heterocycles. The summed E-state index contributed by atoms with van der Waals surface area (Å²) in [7, 11) is 1.66. The molecule has 0 radical (unpaired) electrons. The van der Waals surface area contributed by atoms with Crippen LogP contribution in [0.1, 0.15) is 53.0 Å². The van der Waals surface area contributed by atoms with Gasteiger partial charge in [-0.05, 0) is 55.7 Å². The maximum Gasteiger partial charge on any atom is 0.326 e. The van der Waals surface area contributed by atoms with Gasteiger partial charge in [-0.25, -0.2) is 9.69 Å². The van der Waals surface area contributed by atoms with Gasteiger partial charge in [-0.15, -0.1) is 0 Å². The molecule has 7 heteroatoms.